The minimum Gasteiger partial charge on any atom is -0.477 e. The normalized spacial score (nSPS) is 11.2. The number of carbonyl (C=O) groups is 1. The Morgan fingerprint density at radius 1 is 0.861 bits per heavy atom. The molecule has 0 saturated carbocycles. The number of thiophene rings is 1. The average Bonchev–Trinajstić information content (AvgIpc) is 3.34. The van der Waals surface area contributed by atoms with Gasteiger partial charge in [0.15, 0.2) is 0 Å². The second kappa shape index (κ2) is 16.3. The van der Waals surface area contributed by atoms with Crippen molar-refractivity contribution in [3.63, 3.8) is 0 Å². The first-order chi connectivity index (χ1) is 17.7. The van der Waals surface area contributed by atoms with E-state index in [1.54, 1.807) is 0 Å². The van der Waals surface area contributed by atoms with Gasteiger partial charge in [-0.15, -0.1) is 11.3 Å². The molecule has 0 aliphatic heterocycles. The number of aromatic nitrogens is 2. The SMILES string of the molecule is CCCCCCCCNCc1ccc(CNC(=O)c2csc3ncnc(OCCCCCC)c23)cc1. The summed E-state index contributed by atoms with van der Waals surface area (Å²) in [5.74, 6) is 0.372. The van der Waals surface area contributed by atoms with E-state index in [4.69, 9.17) is 4.74 Å². The maximum atomic E-state index is 13.0. The Morgan fingerprint density at radius 3 is 2.28 bits per heavy atom. The molecule has 2 N–H and O–H groups in total. The van der Waals surface area contributed by atoms with Gasteiger partial charge in [0, 0.05) is 18.5 Å². The molecular formula is C29H42N4O2S. The third-order valence-electron chi connectivity index (χ3n) is 6.33. The second-order valence-corrected chi connectivity index (χ2v) is 10.2. The summed E-state index contributed by atoms with van der Waals surface area (Å²) in [4.78, 5) is 22.4. The summed E-state index contributed by atoms with van der Waals surface area (Å²) in [7, 11) is 0. The van der Waals surface area contributed by atoms with Gasteiger partial charge in [0.1, 0.15) is 11.2 Å². The molecule has 0 unspecified atom stereocenters. The van der Waals surface area contributed by atoms with Crippen molar-refractivity contribution in [2.24, 2.45) is 0 Å². The van der Waals surface area contributed by atoms with Gasteiger partial charge >= 0.3 is 0 Å². The first-order valence-corrected chi connectivity index (χ1v) is 14.5. The topological polar surface area (TPSA) is 76.1 Å². The third-order valence-corrected chi connectivity index (χ3v) is 7.22. The van der Waals surface area contributed by atoms with Crippen LogP contribution in [0.1, 0.15) is 99.5 Å². The lowest BCUT2D eigenvalue weighted by Crippen LogP contribution is -2.22. The van der Waals surface area contributed by atoms with Crippen LogP contribution in [-0.2, 0) is 13.1 Å². The third kappa shape index (κ3) is 9.17. The second-order valence-electron chi connectivity index (χ2n) is 9.36. The van der Waals surface area contributed by atoms with Gasteiger partial charge in [-0.3, -0.25) is 4.79 Å². The van der Waals surface area contributed by atoms with Crippen molar-refractivity contribution in [1.82, 2.24) is 20.6 Å². The van der Waals surface area contributed by atoms with Gasteiger partial charge in [0.05, 0.1) is 17.6 Å². The highest BCUT2D eigenvalue weighted by atomic mass is 32.1. The first-order valence-electron chi connectivity index (χ1n) is 13.6. The summed E-state index contributed by atoms with van der Waals surface area (Å²) >= 11 is 1.44. The Balaban J connectivity index is 1.45. The zero-order valence-corrected chi connectivity index (χ0v) is 22.8. The molecule has 3 aromatic rings. The molecule has 2 heterocycles. The van der Waals surface area contributed by atoms with Crippen LogP contribution in [0, 0.1) is 0 Å². The predicted octanol–water partition coefficient (Wildman–Crippen LogP) is 7.03. The molecule has 0 fully saturated rings. The smallest absolute Gasteiger partial charge is 0.253 e. The summed E-state index contributed by atoms with van der Waals surface area (Å²) < 4.78 is 5.93. The molecule has 7 heteroatoms. The highest BCUT2D eigenvalue weighted by Crippen LogP contribution is 2.30. The number of rotatable bonds is 18. The van der Waals surface area contributed by atoms with E-state index in [-0.39, 0.29) is 5.91 Å². The summed E-state index contributed by atoms with van der Waals surface area (Å²) in [6.45, 7) is 7.46. The van der Waals surface area contributed by atoms with E-state index >= 15 is 0 Å². The van der Waals surface area contributed by atoms with Crippen LogP contribution in [-0.4, -0.2) is 29.0 Å². The Labute approximate surface area is 220 Å². The molecule has 3 rings (SSSR count). The van der Waals surface area contributed by atoms with E-state index in [1.807, 2.05) is 5.38 Å². The minimum atomic E-state index is -0.128. The van der Waals surface area contributed by atoms with Crippen LogP contribution in [0.3, 0.4) is 0 Å². The number of nitrogens with zero attached hydrogens (tertiary/aromatic N) is 2. The maximum Gasteiger partial charge on any atom is 0.253 e. The summed E-state index contributed by atoms with van der Waals surface area (Å²) in [6, 6.07) is 8.44. The number of fused-ring (bicyclic) bond motifs is 1. The monoisotopic (exact) mass is 510 g/mol. The van der Waals surface area contributed by atoms with Crippen LogP contribution in [0.5, 0.6) is 5.88 Å². The highest BCUT2D eigenvalue weighted by Gasteiger charge is 2.18. The molecule has 36 heavy (non-hydrogen) atoms. The van der Waals surface area contributed by atoms with Gasteiger partial charge in [-0.25, -0.2) is 9.97 Å². The van der Waals surface area contributed by atoms with Crippen LogP contribution in [0.25, 0.3) is 10.2 Å². The van der Waals surface area contributed by atoms with E-state index in [1.165, 1.54) is 74.6 Å². The fraction of sp³-hybridized carbons (Fsp3) is 0.552. The average molecular weight is 511 g/mol. The molecule has 0 atom stereocenters. The van der Waals surface area contributed by atoms with Crippen molar-refractivity contribution < 1.29 is 9.53 Å². The Morgan fingerprint density at radius 2 is 1.53 bits per heavy atom. The Kier molecular flexibility index (Phi) is 12.7. The van der Waals surface area contributed by atoms with Gasteiger partial charge in [-0.2, -0.15) is 0 Å². The molecule has 0 radical (unpaired) electrons. The molecule has 0 saturated heterocycles. The zero-order chi connectivity index (χ0) is 25.4. The number of nitrogens with one attached hydrogen (secondary N) is 2. The maximum absolute atomic E-state index is 13.0. The molecule has 0 aliphatic rings. The van der Waals surface area contributed by atoms with Crippen LogP contribution in [0.2, 0.25) is 0 Å². The molecule has 1 aromatic carbocycles. The number of hydrogen-bond donors (Lipinski definition) is 2. The number of ether oxygens (including phenoxy) is 1. The van der Waals surface area contributed by atoms with Gasteiger partial charge in [-0.05, 0) is 30.5 Å². The van der Waals surface area contributed by atoms with Crippen LogP contribution in [0.15, 0.2) is 36.0 Å². The van der Waals surface area contributed by atoms with Crippen LogP contribution >= 0.6 is 11.3 Å². The molecule has 0 spiro atoms. The van der Waals surface area contributed by atoms with E-state index in [0.29, 0.717) is 30.0 Å². The predicted molar refractivity (Wildman–Crippen MR) is 150 cm³/mol. The Bertz CT molecular complexity index is 1040. The Hall–Kier alpha value is -2.51. The molecule has 0 bridgehead atoms. The van der Waals surface area contributed by atoms with Gasteiger partial charge in [-0.1, -0.05) is 89.5 Å². The lowest BCUT2D eigenvalue weighted by molar-refractivity contribution is 0.0952. The number of amides is 1. The molecule has 2 aromatic heterocycles. The van der Waals surface area contributed by atoms with Crippen molar-refractivity contribution in [3.8, 4) is 5.88 Å². The van der Waals surface area contributed by atoms with E-state index in [2.05, 4.69) is 58.7 Å². The molecule has 1 amide bonds. The van der Waals surface area contributed by atoms with Crippen molar-refractivity contribution in [2.45, 2.75) is 91.1 Å². The summed E-state index contributed by atoms with van der Waals surface area (Å²) in [6.07, 6.45) is 13.9. The van der Waals surface area contributed by atoms with Gasteiger partial charge < -0.3 is 15.4 Å². The van der Waals surface area contributed by atoms with Crippen molar-refractivity contribution in [3.05, 3.63) is 52.7 Å². The van der Waals surface area contributed by atoms with Crippen molar-refractivity contribution >= 4 is 27.5 Å². The summed E-state index contributed by atoms with van der Waals surface area (Å²) in [5.41, 5.74) is 2.92. The van der Waals surface area contributed by atoms with E-state index in [0.717, 1.165) is 36.3 Å². The molecular weight excluding hydrogens is 468 g/mol. The first kappa shape index (κ1) is 28.1. The lowest BCUT2D eigenvalue weighted by Gasteiger charge is -2.09. The van der Waals surface area contributed by atoms with Crippen LogP contribution < -0.4 is 15.4 Å². The van der Waals surface area contributed by atoms with Gasteiger partial charge in [0.25, 0.3) is 5.91 Å². The quantitative estimate of drug-likeness (QED) is 0.180. The van der Waals surface area contributed by atoms with Crippen molar-refractivity contribution in [1.29, 1.82) is 0 Å². The fourth-order valence-corrected chi connectivity index (χ4v) is 5.01. The van der Waals surface area contributed by atoms with Crippen molar-refractivity contribution in [2.75, 3.05) is 13.2 Å². The summed E-state index contributed by atoms with van der Waals surface area (Å²) in [5, 5.41) is 9.14. The van der Waals surface area contributed by atoms with E-state index < -0.39 is 0 Å². The molecule has 196 valence electrons. The minimum absolute atomic E-state index is 0.128. The standard InChI is InChI=1S/C29H42N4O2S/c1-3-5-7-9-10-11-17-30-19-23-13-15-24(16-14-23)20-31-27(34)25-21-36-29-26(25)28(32-22-33-29)35-18-12-8-6-4-2/h13-16,21-22,30H,3-12,17-20H2,1-2H3,(H,31,34). The number of hydrogen-bond acceptors (Lipinski definition) is 6. The number of carbonyl (C=O) groups excluding carboxylic acids is 1. The van der Waals surface area contributed by atoms with E-state index in [9.17, 15) is 4.79 Å². The van der Waals surface area contributed by atoms with Gasteiger partial charge in [0.2, 0.25) is 5.88 Å². The molecule has 0 aliphatic carbocycles. The zero-order valence-electron chi connectivity index (χ0n) is 22.0. The fourth-order valence-electron chi connectivity index (χ4n) is 4.14. The lowest BCUT2D eigenvalue weighted by atomic mass is 10.1. The number of benzene rings is 1. The molecule has 6 nitrogen and oxygen atoms in total. The van der Waals surface area contributed by atoms with Crippen LogP contribution in [0.4, 0.5) is 0 Å². The highest BCUT2D eigenvalue weighted by molar-refractivity contribution is 7.17. The largest absolute Gasteiger partial charge is 0.477 e. The number of unbranched alkanes of at least 4 members (excludes halogenated alkanes) is 8.